The Morgan fingerprint density at radius 2 is 1.93 bits per heavy atom. The summed E-state index contributed by atoms with van der Waals surface area (Å²) in [6.07, 6.45) is 0.787. The van der Waals surface area contributed by atoms with Crippen LogP contribution in [0.25, 0.3) is 0 Å². The monoisotopic (exact) mass is 396 g/mol. The van der Waals surface area contributed by atoms with E-state index in [2.05, 4.69) is 13.8 Å². The number of piperazine rings is 1. The number of thioether (sulfide) groups is 1. The Kier molecular flexibility index (Phi) is 6.23. The standard InChI is InChI=1S/C19H32N4O3S/c1-5-14(4)17(24)23-12-27-11-16(23)18(25)20-6-7-22-15(9-20)10-21(19(22)26)8-13(2)3/h13-16H,5-12H2,1-4H3/t14-,15-,16-/m0/s1. The molecule has 3 fully saturated rings. The second kappa shape index (κ2) is 8.29. The molecule has 27 heavy (non-hydrogen) atoms. The summed E-state index contributed by atoms with van der Waals surface area (Å²) >= 11 is 1.65. The van der Waals surface area contributed by atoms with Gasteiger partial charge < -0.3 is 19.6 Å². The molecule has 0 aromatic heterocycles. The van der Waals surface area contributed by atoms with Crippen molar-refractivity contribution in [2.75, 3.05) is 44.4 Å². The molecule has 3 aliphatic heterocycles. The first kappa shape index (κ1) is 20.3. The highest BCUT2D eigenvalue weighted by molar-refractivity contribution is 7.99. The van der Waals surface area contributed by atoms with Gasteiger partial charge in [-0.1, -0.05) is 27.7 Å². The zero-order valence-corrected chi connectivity index (χ0v) is 17.7. The molecule has 3 saturated heterocycles. The van der Waals surface area contributed by atoms with E-state index in [0.29, 0.717) is 43.7 Å². The molecule has 0 unspecified atom stereocenters. The molecule has 0 radical (unpaired) electrons. The minimum absolute atomic E-state index is 0.0473. The quantitative estimate of drug-likeness (QED) is 0.707. The van der Waals surface area contributed by atoms with E-state index in [0.717, 1.165) is 13.0 Å². The van der Waals surface area contributed by atoms with Crippen LogP contribution in [0.15, 0.2) is 0 Å². The second-order valence-electron chi connectivity index (χ2n) is 8.35. The summed E-state index contributed by atoms with van der Waals surface area (Å²) in [5, 5.41) is 0. The lowest BCUT2D eigenvalue weighted by Gasteiger charge is -2.38. The van der Waals surface area contributed by atoms with E-state index >= 15 is 0 Å². The minimum Gasteiger partial charge on any atom is -0.337 e. The van der Waals surface area contributed by atoms with Crippen LogP contribution >= 0.6 is 11.8 Å². The number of urea groups is 1. The maximum absolute atomic E-state index is 13.2. The van der Waals surface area contributed by atoms with Crippen LogP contribution < -0.4 is 0 Å². The molecule has 0 bridgehead atoms. The highest BCUT2D eigenvalue weighted by Gasteiger charge is 2.44. The molecular weight excluding hydrogens is 364 g/mol. The predicted molar refractivity (Wildman–Crippen MR) is 106 cm³/mol. The van der Waals surface area contributed by atoms with Crippen LogP contribution in [0.5, 0.6) is 0 Å². The summed E-state index contributed by atoms with van der Waals surface area (Å²) < 4.78 is 0. The van der Waals surface area contributed by atoms with Crippen molar-refractivity contribution in [3.63, 3.8) is 0 Å². The number of rotatable bonds is 5. The molecule has 7 nitrogen and oxygen atoms in total. The normalized spacial score (nSPS) is 26.8. The molecule has 3 heterocycles. The molecule has 0 saturated carbocycles. The van der Waals surface area contributed by atoms with E-state index in [9.17, 15) is 14.4 Å². The molecule has 0 aromatic rings. The number of hydrogen-bond acceptors (Lipinski definition) is 4. The number of carbonyl (C=O) groups excluding carboxylic acids is 3. The largest absolute Gasteiger partial charge is 0.337 e. The fraction of sp³-hybridized carbons (Fsp3) is 0.842. The van der Waals surface area contributed by atoms with Crippen molar-refractivity contribution in [1.82, 2.24) is 19.6 Å². The highest BCUT2D eigenvalue weighted by Crippen LogP contribution is 2.27. The van der Waals surface area contributed by atoms with Crippen molar-refractivity contribution in [3.8, 4) is 0 Å². The van der Waals surface area contributed by atoms with Gasteiger partial charge in [-0.2, -0.15) is 0 Å². The summed E-state index contributed by atoms with van der Waals surface area (Å²) in [5.74, 6) is 1.79. The summed E-state index contributed by atoms with van der Waals surface area (Å²) in [6, 6.07) is -0.181. The third-order valence-corrected chi connectivity index (χ3v) is 6.82. The van der Waals surface area contributed by atoms with Crippen molar-refractivity contribution < 1.29 is 14.4 Å². The number of carbonyl (C=O) groups is 3. The lowest BCUT2D eigenvalue weighted by Crippen LogP contribution is -2.58. The molecule has 3 atom stereocenters. The van der Waals surface area contributed by atoms with Crippen LogP contribution in [0.3, 0.4) is 0 Å². The topological polar surface area (TPSA) is 64.2 Å². The SMILES string of the molecule is CC[C@H](C)C(=O)N1CSC[C@H]1C(=O)N1CCN2C(=O)N(CC(C)C)C[C@@H]2C1. The first-order chi connectivity index (χ1) is 12.8. The van der Waals surface area contributed by atoms with Gasteiger partial charge in [-0.05, 0) is 12.3 Å². The van der Waals surface area contributed by atoms with Crippen LogP contribution in [0.4, 0.5) is 4.79 Å². The lowest BCUT2D eigenvalue weighted by atomic mass is 10.1. The Labute approximate surface area is 166 Å². The Morgan fingerprint density at radius 1 is 1.19 bits per heavy atom. The fourth-order valence-electron chi connectivity index (χ4n) is 4.10. The number of nitrogens with zero attached hydrogens (tertiary/aromatic N) is 4. The fourth-order valence-corrected chi connectivity index (χ4v) is 5.26. The van der Waals surface area contributed by atoms with Gasteiger partial charge in [0.15, 0.2) is 0 Å². The molecular formula is C19H32N4O3S. The summed E-state index contributed by atoms with van der Waals surface area (Å²) in [4.78, 5) is 45.8. The van der Waals surface area contributed by atoms with Gasteiger partial charge in [0.1, 0.15) is 6.04 Å². The Morgan fingerprint density at radius 3 is 2.59 bits per heavy atom. The van der Waals surface area contributed by atoms with Gasteiger partial charge in [0, 0.05) is 44.4 Å². The third-order valence-electron chi connectivity index (χ3n) is 5.81. The predicted octanol–water partition coefficient (Wildman–Crippen LogP) is 1.54. The van der Waals surface area contributed by atoms with Crippen molar-refractivity contribution in [1.29, 1.82) is 0 Å². The first-order valence-electron chi connectivity index (χ1n) is 10.1. The van der Waals surface area contributed by atoms with E-state index in [4.69, 9.17) is 0 Å². The molecule has 152 valence electrons. The summed E-state index contributed by atoms with van der Waals surface area (Å²) in [5.41, 5.74) is 0. The van der Waals surface area contributed by atoms with Gasteiger partial charge in [-0.25, -0.2) is 4.79 Å². The maximum atomic E-state index is 13.2. The van der Waals surface area contributed by atoms with Crippen LogP contribution in [-0.2, 0) is 9.59 Å². The van der Waals surface area contributed by atoms with Crippen molar-refractivity contribution in [2.24, 2.45) is 11.8 Å². The molecule has 0 aromatic carbocycles. The number of hydrogen-bond donors (Lipinski definition) is 0. The molecule has 4 amide bonds. The first-order valence-corrected chi connectivity index (χ1v) is 11.2. The van der Waals surface area contributed by atoms with Crippen LogP contribution in [-0.4, -0.2) is 93.9 Å². The third kappa shape index (κ3) is 4.05. The van der Waals surface area contributed by atoms with Crippen molar-refractivity contribution >= 4 is 29.6 Å². The van der Waals surface area contributed by atoms with Gasteiger partial charge in [0.25, 0.3) is 0 Å². The Balaban J connectivity index is 1.63. The van der Waals surface area contributed by atoms with E-state index in [1.54, 1.807) is 16.7 Å². The lowest BCUT2D eigenvalue weighted by molar-refractivity contribution is -0.146. The van der Waals surface area contributed by atoms with E-state index in [1.165, 1.54) is 0 Å². The van der Waals surface area contributed by atoms with Crippen molar-refractivity contribution in [3.05, 3.63) is 0 Å². The molecule has 0 aliphatic carbocycles. The van der Waals surface area contributed by atoms with Crippen LogP contribution in [0, 0.1) is 11.8 Å². The average Bonchev–Trinajstić information content (AvgIpc) is 3.24. The van der Waals surface area contributed by atoms with Gasteiger partial charge in [-0.15, -0.1) is 11.8 Å². The van der Waals surface area contributed by atoms with Gasteiger partial charge in [0.05, 0.1) is 11.9 Å². The minimum atomic E-state index is -0.355. The van der Waals surface area contributed by atoms with Crippen LogP contribution in [0.1, 0.15) is 34.1 Å². The Hall–Kier alpha value is -1.44. The summed E-state index contributed by atoms with van der Waals surface area (Å²) in [6.45, 7) is 11.3. The smallest absolute Gasteiger partial charge is 0.320 e. The maximum Gasteiger partial charge on any atom is 0.320 e. The molecule has 3 aliphatic rings. The Bertz CT molecular complexity index is 600. The highest BCUT2D eigenvalue weighted by atomic mass is 32.2. The van der Waals surface area contributed by atoms with E-state index < -0.39 is 0 Å². The van der Waals surface area contributed by atoms with E-state index in [1.807, 2.05) is 28.5 Å². The van der Waals surface area contributed by atoms with Gasteiger partial charge >= 0.3 is 6.03 Å². The number of fused-ring (bicyclic) bond motifs is 1. The zero-order valence-electron chi connectivity index (χ0n) is 16.9. The van der Waals surface area contributed by atoms with Gasteiger partial charge in [-0.3, -0.25) is 9.59 Å². The molecule has 0 N–H and O–H groups in total. The van der Waals surface area contributed by atoms with Gasteiger partial charge in [0.2, 0.25) is 11.8 Å². The zero-order chi connectivity index (χ0) is 19.7. The van der Waals surface area contributed by atoms with Crippen molar-refractivity contribution in [2.45, 2.75) is 46.2 Å². The molecule has 8 heteroatoms. The second-order valence-corrected chi connectivity index (χ2v) is 9.35. The summed E-state index contributed by atoms with van der Waals surface area (Å²) in [7, 11) is 0. The average molecular weight is 397 g/mol. The molecule has 3 rings (SSSR count). The number of amides is 4. The molecule has 0 spiro atoms. The van der Waals surface area contributed by atoms with Crippen LogP contribution in [0.2, 0.25) is 0 Å². The van der Waals surface area contributed by atoms with E-state index in [-0.39, 0.29) is 35.8 Å².